The Kier molecular flexibility index (Phi) is 4.53. The Morgan fingerprint density at radius 2 is 1.84 bits per heavy atom. The lowest BCUT2D eigenvalue weighted by atomic mass is 10.0. The van der Waals surface area contributed by atoms with E-state index in [-0.39, 0.29) is 5.75 Å². The number of phenolic OH excluding ortho intramolecular Hbond substituents is 1. The van der Waals surface area contributed by atoms with Crippen molar-refractivity contribution in [3.05, 3.63) is 69.7 Å². The molecule has 2 rings (SSSR count). The van der Waals surface area contributed by atoms with Crippen molar-refractivity contribution in [2.45, 2.75) is 6.42 Å². The summed E-state index contributed by atoms with van der Waals surface area (Å²) in [6.45, 7) is 0. The van der Waals surface area contributed by atoms with Crippen molar-refractivity contribution >= 4 is 28.3 Å². The molecule has 0 saturated carbocycles. The molecule has 0 aliphatic rings. The van der Waals surface area contributed by atoms with Crippen molar-refractivity contribution in [1.82, 2.24) is 0 Å². The molecule has 0 radical (unpaired) electrons. The van der Waals surface area contributed by atoms with Crippen molar-refractivity contribution in [3.8, 4) is 5.75 Å². The third-order valence-corrected chi connectivity index (χ3v) is 3.36. The minimum absolute atomic E-state index is 0.148. The molecule has 0 bridgehead atoms. The summed E-state index contributed by atoms with van der Waals surface area (Å²) in [7, 11) is 0. The number of allylic oxidation sites excluding steroid dienone is 1. The molecule has 0 amide bonds. The largest absolute Gasteiger partial charge is 0.506 e. The van der Waals surface area contributed by atoms with E-state index in [4.69, 9.17) is 0 Å². The van der Waals surface area contributed by atoms with Crippen LogP contribution >= 0.6 is 15.9 Å². The summed E-state index contributed by atoms with van der Waals surface area (Å²) in [5.74, 6) is 0.148. The fraction of sp³-hybridized carbons (Fsp3) is 0.0625. The first kappa shape index (κ1) is 13.6. The minimum atomic E-state index is 0.148. The van der Waals surface area contributed by atoms with Crippen molar-refractivity contribution in [3.63, 3.8) is 0 Å². The van der Waals surface area contributed by atoms with E-state index in [0.717, 1.165) is 12.0 Å². The lowest BCUT2D eigenvalue weighted by Crippen LogP contribution is -1.90. The van der Waals surface area contributed by atoms with Gasteiger partial charge in [-0.05, 0) is 57.8 Å². The molecule has 96 valence electrons. The van der Waals surface area contributed by atoms with Gasteiger partial charge in [-0.2, -0.15) is 0 Å². The zero-order valence-corrected chi connectivity index (χ0v) is 11.8. The number of hydrogen-bond donors (Lipinski definition) is 1. The second kappa shape index (κ2) is 6.34. The van der Waals surface area contributed by atoms with Crippen LogP contribution < -0.4 is 0 Å². The highest BCUT2D eigenvalue weighted by Gasteiger charge is 2.06. The number of benzene rings is 2. The van der Waals surface area contributed by atoms with Gasteiger partial charge in [-0.25, -0.2) is 0 Å². The van der Waals surface area contributed by atoms with Gasteiger partial charge in [-0.15, -0.1) is 0 Å². The maximum Gasteiger partial charge on any atom is 0.142 e. The Hall–Kier alpha value is -1.87. The molecular formula is C16H13BrO2. The number of carbonyl (C=O) groups excluding carboxylic acids is 1. The van der Waals surface area contributed by atoms with Gasteiger partial charge in [0.2, 0.25) is 0 Å². The molecule has 0 spiro atoms. The molecule has 2 aromatic rings. The van der Waals surface area contributed by atoms with Crippen LogP contribution in [0.2, 0.25) is 0 Å². The van der Waals surface area contributed by atoms with E-state index in [0.29, 0.717) is 16.3 Å². The molecular weight excluding hydrogens is 304 g/mol. The average Bonchev–Trinajstić information content (AvgIpc) is 2.42. The number of phenols is 1. The smallest absolute Gasteiger partial charge is 0.142 e. The normalized spacial score (nSPS) is 10.8. The van der Waals surface area contributed by atoms with Gasteiger partial charge in [0.05, 0.1) is 4.47 Å². The van der Waals surface area contributed by atoms with Crippen LogP contribution in [0.15, 0.2) is 53.0 Å². The third kappa shape index (κ3) is 3.55. The number of halogens is 1. The first-order chi connectivity index (χ1) is 9.20. The van der Waals surface area contributed by atoms with E-state index < -0.39 is 0 Å². The van der Waals surface area contributed by atoms with Gasteiger partial charge in [0, 0.05) is 5.56 Å². The summed E-state index contributed by atoms with van der Waals surface area (Å²) in [6, 6.07) is 13.9. The Balaban J connectivity index is 2.34. The van der Waals surface area contributed by atoms with Crippen LogP contribution in [0.5, 0.6) is 5.75 Å². The summed E-state index contributed by atoms with van der Waals surface area (Å²) in [5.41, 5.74) is 2.90. The number of aromatic hydroxyl groups is 1. The summed E-state index contributed by atoms with van der Waals surface area (Å²) in [6.07, 6.45) is 4.44. The number of hydrogen-bond acceptors (Lipinski definition) is 2. The van der Waals surface area contributed by atoms with E-state index >= 15 is 0 Å². The molecule has 3 heteroatoms. The minimum Gasteiger partial charge on any atom is -0.506 e. The van der Waals surface area contributed by atoms with Gasteiger partial charge in [-0.3, -0.25) is 4.79 Å². The first-order valence-electron chi connectivity index (χ1n) is 5.88. The molecule has 19 heavy (non-hydrogen) atoms. The average molecular weight is 317 g/mol. The predicted molar refractivity (Wildman–Crippen MR) is 80.2 cm³/mol. The van der Waals surface area contributed by atoms with E-state index in [9.17, 15) is 9.90 Å². The molecule has 0 aliphatic carbocycles. The molecule has 0 saturated heterocycles. The van der Waals surface area contributed by atoms with Crippen LogP contribution in [-0.2, 0) is 11.2 Å². The van der Waals surface area contributed by atoms with Gasteiger partial charge in [0.15, 0.2) is 0 Å². The molecule has 0 heterocycles. The van der Waals surface area contributed by atoms with Gasteiger partial charge in [-0.1, -0.05) is 30.3 Å². The van der Waals surface area contributed by atoms with Crippen LogP contribution in [0.4, 0.5) is 0 Å². The number of carbonyl (C=O) groups is 1. The molecule has 0 unspecified atom stereocenters. The van der Waals surface area contributed by atoms with E-state index in [2.05, 4.69) is 28.1 Å². The van der Waals surface area contributed by atoms with Crippen LogP contribution in [-0.4, -0.2) is 11.4 Å². The SMILES string of the molecule is O=C/C=C/c1cc(Cc2ccccc2)cc(Br)c1O. The molecule has 1 N–H and O–H groups in total. The van der Waals surface area contributed by atoms with Gasteiger partial charge < -0.3 is 5.11 Å². The topological polar surface area (TPSA) is 37.3 Å². The Morgan fingerprint density at radius 1 is 1.11 bits per heavy atom. The molecule has 2 aromatic carbocycles. The number of rotatable bonds is 4. The highest BCUT2D eigenvalue weighted by atomic mass is 79.9. The maximum atomic E-state index is 10.4. The molecule has 2 nitrogen and oxygen atoms in total. The van der Waals surface area contributed by atoms with Crippen molar-refractivity contribution in [2.75, 3.05) is 0 Å². The van der Waals surface area contributed by atoms with Gasteiger partial charge in [0.1, 0.15) is 12.0 Å². The second-order valence-corrected chi connectivity index (χ2v) is 5.03. The fourth-order valence-electron chi connectivity index (χ4n) is 1.88. The summed E-state index contributed by atoms with van der Waals surface area (Å²) in [5, 5.41) is 9.90. The van der Waals surface area contributed by atoms with Crippen molar-refractivity contribution in [1.29, 1.82) is 0 Å². The van der Waals surface area contributed by atoms with E-state index in [1.807, 2.05) is 30.3 Å². The standard InChI is InChI=1S/C16H13BrO2/c17-15-11-13(9-12-5-2-1-3-6-12)10-14(16(15)19)7-4-8-18/h1-8,10-11,19H,9H2/b7-4+. The molecule has 0 atom stereocenters. The summed E-state index contributed by atoms with van der Waals surface area (Å²) < 4.78 is 0.631. The van der Waals surface area contributed by atoms with Crippen molar-refractivity contribution in [2.24, 2.45) is 0 Å². The molecule has 0 aliphatic heterocycles. The van der Waals surface area contributed by atoms with Crippen LogP contribution in [0.3, 0.4) is 0 Å². The maximum absolute atomic E-state index is 10.4. The lowest BCUT2D eigenvalue weighted by Gasteiger charge is -2.07. The molecule has 0 aromatic heterocycles. The fourth-order valence-corrected chi connectivity index (χ4v) is 2.41. The lowest BCUT2D eigenvalue weighted by molar-refractivity contribution is -0.104. The van der Waals surface area contributed by atoms with E-state index in [1.54, 1.807) is 6.08 Å². The van der Waals surface area contributed by atoms with Gasteiger partial charge >= 0.3 is 0 Å². The van der Waals surface area contributed by atoms with E-state index in [1.165, 1.54) is 11.6 Å². The van der Waals surface area contributed by atoms with Crippen LogP contribution in [0.25, 0.3) is 6.08 Å². The Labute approximate surface area is 120 Å². The monoisotopic (exact) mass is 316 g/mol. The Morgan fingerprint density at radius 3 is 2.53 bits per heavy atom. The van der Waals surface area contributed by atoms with Crippen molar-refractivity contribution < 1.29 is 9.90 Å². The van der Waals surface area contributed by atoms with Crippen LogP contribution in [0, 0.1) is 0 Å². The second-order valence-electron chi connectivity index (χ2n) is 4.17. The quantitative estimate of drug-likeness (QED) is 0.685. The highest BCUT2D eigenvalue weighted by Crippen LogP contribution is 2.31. The summed E-state index contributed by atoms with van der Waals surface area (Å²) in [4.78, 5) is 10.4. The highest BCUT2D eigenvalue weighted by molar-refractivity contribution is 9.10. The molecule has 0 fully saturated rings. The zero-order valence-electron chi connectivity index (χ0n) is 10.2. The number of aldehydes is 1. The third-order valence-electron chi connectivity index (χ3n) is 2.76. The summed E-state index contributed by atoms with van der Waals surface area (Å²) >= 11 is 3.33. The Bertz CT molecular complexity index is 604. The van der Waals surface area contributed by atoms with Crippen LogP contribution in [0.1, 0.15) is 16.7 Å². The zero-order chi connectivity index (χ0) is 13.7. The predicted octanol–water partition coefficient (Wildman–Crippen LogP) is 3.96. The van der Waals surface area contributed by atoms with Gasteiger partial charge in [0.25, 0.3) is 0 Å². The first-order valence-corrected chi connectivity index (χ1v) is 6.67.